The summed E-state index contributed by atoms with van der Waals surface area (Å²) >= 11 is 0. The molecule has 1 aromatic rings. The third-order valence-electron chi connectivity index (χ3n) is 2.20. The lowest BCUT2D eigenvalue weighted by molar-refractivity contribution is -0.123. The third-order valence-corrected chi connectivity index (χ3v) is 2.20. The predicted octanol–water partition coefficient (Wildman–Crippen LogP) is 2.29. The van der Waals surface area contributed by atoms with E-state index in [9.17, 15) is 9.18 Å². The SMILES string of the molecule is Cc1cc(F)ccc1OCC(=O)NCC(C)C. The Morgan fingerprint density at radius 1 is 1.47 bits per heavy atom. The van der Waals surface area contributed by atoms with Crippen molar-refractivity contribution >= 4 is 5.91 Å². The quantitative estimate of drug-likeness (QED) is 0.856. The molecule has 0 heterocycles. The van der Waals surface area contributed by atoms with Gasteiger partial charge in [0.25, 0.3) is 5.91 Å². The number of benzene rings is 1. The molecule has 0 radical (unpaired) electrons. The standard InChI is InChI=1S/C13H18FNO2/c1-9(2)7-15-13(16)8-17-12-5-4-11(14)6-10(12)3/h4-6,9H,7-8H2,1-3H3,(H,15,16). The van der Waals surface area contributed by atoms with Gasteiger partial charge in [0.05, 0.1) is 0 Å². The number of hydrogen-bond donors (Lipinski definition) is 1. The summed E-state index contributed by atoms with van der Waals surface area (Å²) in [6.45, 7) is 6.37. The van der Waals surface area contributed by atoms with Crippen LogP contribution in [0.3, 0.4) is 0 Å². The van der Waals surface area contributed by atoms with Crippen LogP contribution in [0.2, 0.25) is 0 Å². The summed E-state index contributed by atoms with van der Waals surface area (Å²) in [5.74, 6) is 0.471. The molecule has 0 spiro atoms. The van der Waals surface area contributed by atoms with Crippen molar-refractivity contribution in [1.82, 2.24) is 5.32 Å². The van der Waals surface area contributed by atoms with Crippen LogP contribution in [0.1, 0.15) is 19.4 Å². The van der Waals surface area contributed by atoms with Gasteiger partial charge in [-0.2, -0.15) is 0 Å². The summed E-state index contributed by atoms with van der Waals surface area (Å²) in [5.41, 5.74) is 0.682. The molecule has 0 bridgehead atoms. The lowest BCUT2D eigenvalue weighted by Crippen LogP contribution is -2.31. The Morgan fingerprint density at radius 3 is 2.76 bits per heavy atom. The Labute approximate surface area is 101 Å². The number of nitrogens with one attached hydrogen (secondary N) is 1. The number of rotatable bonds is 5. The van der Waals surface area contributed by atoms with Crippen LogP contribution in [-0.2, 0) is 4.79 Å². The lowest BCUT2D eigenvalue weighted by Gasteiger charge is -2.10. The highest BCUT2D eigenvalue weighted by atomic mass is 19.1. The van der Waals surface area contributed by atoms with Crippen molar-refractivity contribution in [3.8, 4) is 5.75 Å². The maximum absolute atomic E-state index is 12.8. The third kappa shape index (κ3) is 4.85. The average Bonchev–Trinajstić information content (AvgIpc) is 2.25. The van der Waals surface area contributed by atoms with E-state index in [2.05, 4.69) is 5.32 Å². The molecule has 94 valence electrons. The fourth-order valence-corrected chi connectivity index (χ4v) is 1.29. The molecular formula is C13H18FNO2. The Morgan fingerprint density at radius 2 is 2.18 bits per heavy atom. The molecule has 3 nitrogen and oxygen atoms in total. The van der Waals surface area contributed by atoms with Crippen LogP contribution >= 0.6 is 0 Å². The van der Waals surface area contributed by atoms with E-state index in [1.807, 2.05) is 13.8 Å². The van der Waals surface area contributed by atoms with E-state index in [1.165, 1.54) is 18.2 Å². The zero-order valence-electron chi connectivity index (χ0n) is 10.4. The molecule has 1 amide bonds. The van der Waals surface area contributed by atoms with Crippen molar-refractivity contribution in [3.63, 3.8) is 0 Å². The maximum Gasteiger partial charge on any atom is 0.257 e. The van der Waals surface area contributed by atoms with Gasteiger partial charge in [-0.3, -0.25) is 4.79 Å². The van der Waals surface area contributed by atoms with E-state index >= 15 is 0 Å². The molecule has 0 aliphatic carbocycles. The summed E-state index contributed by atoms with van der Waals surface area (Å²) in [6.07, 6.45) is 0. The zero-order valence-corrected chi connectivity index (χ0v) is 10.4. The van der Waals surface area contributed by atoms with Gasteiger partial charge in [-0.25, -0.2) is 4.39 Å². The first kappa shape index (κ1) is 13.5. The van der Waals surface area contributed by atoms with Gasteiger partial charge in [-0.15, -0.1) is 0 Å². The second kappa shape index (κ2) is 6.23. The van der Waals surface area contributed by atoms with Gasteiger partial charge in [-0.1, -0.05) is 13.8 Å². The monoisotopic (exact) mass is 239 g/mol. The maximum atomic E-state index is 12.8. The zero-order chi connectivity index (χ0) is 12.8. The molecule has 0 unspecified atom stereocenters. The molecule has 0 aliphatic rings. The molecule has 0 fully saturated rings. The second-order valence-electron chi connectivity index (χ2n) is 4.40. The van der Waals surface area contributed by atoms with Crippen molar-refractivity contribution in [2.45, 2.75) is 20.8 Å². The van der Waals surface area contributed by atoms with Gasteiger partial charge in [0.15, 0.2) is 6.61 Å². The molecule has 4 heteroatoms. The Bertz CT molecular complexity index is 391. The van der Waals surface area contributed by atoms with Crippen molar-refractivity contribution in [1.29, 1.82) is 0 Å². The van der Waals surface area contributed by atoms with Crippen molar-refractivity contribution < 1.29 is 13.9 Å². The van der Waals surface area contributed by atoms with E-state index in [1.54, 1.807) is 6.92 Å². The number of amides is 1. The molecule has 1 rings (SSSR count). The predicted molar refractivity (Wildman–Crippen MR) is 64.5 cm³/mol. The molecule has 1 aromatic carbocycles. The van der Waals surface area contributed by atoms with E-state index in [0.29, 0.717) is 23.8 Å². The summed E-state index contributed by atoms with van der Waals surface area (Å²) in [4.78, 5) is 11.4. The van der Waals surface area contributed by atoms with Crippen molar-refractivity contribution in [2.24, 2.45) is 5.92 Å². The van der Waals surface area contributed by atoms with Gasteiger partial charge in [0, 0.05) is 6.54 Å². The number of halogens is 1. The molecule has 1 N–H and O–H groups in total. The van der Waals surface area contributed by atoms with Crippen LogP contribution in [0, 0.1) is 18.7 Å². The minimum absolute atomic E-state index is 0.0425. The normalized spacial score (nSPS) is 10.4. The minimum Gasteiger partial charge on any atom is -0.484 e. The first-order chi connectivity index (χ1) is 7.99. The molecule has 0 aromatic heterocycles. The number of ether oxygens (including phenoxy) is 1. The van der Waals surface area contributed by atoms with Crippen LogP contribution in [0.25, 0.3) is 0 Å². The molecular weight excluding hydrogens is 221 g/mol. The van der Waals surface area contributed by atoms with Gasteiger partial charge < -0.3 is 10.1 Å². The van der Waals surface area contributed by atoms with E-state index in [-0.39, 0.29) is 18.3 Å². The molecule has 0 atom stereocenters. The first-order valence-electron chi connectivity index (χ1n) is 5.64. The largest absolute Gasteiger partial charge is 0.484 e. The average molecular weight is 239 g/mol. The Kier molecular flexibility index (Phi) is 4.94. The van der Waals surface area contributed by atoms with E-state index in [0.717, 1.165) is 0 Å². The highest BCUT2D eigenvalue weighted by molar-refractivity contribution is 5.77. The summed E-state index contributed by atoms with van der Waals surface area (Å²) < 4.78 is 18.1. The van der Waals surface area contributed by atoms with Gasteiger partial charge in [-0.05, 0) is 36.6 Å². The number of aryl methyl sites for hydroxylation is 1. The van der Waals surface area contributed by atoms with E-state index in [4.69, 9.17) is 4.74 Å². The van der Waals surface area contributed by atoms with Gasteiger partial charge in [0.1, 0.15) is 11.6 Å². The first-order valence-corrected chi connectivity index (χ1v) is 5.64. The molecule has 0 saturated heterocycles. The number of carbonyl (C=O) groups is 1. The Hall–Kier alpha value is -1.58. The highest BCUT2D eigenvalue weighted by Crippen LogP contribution is 2.17. The topological polar surface area (TPSA) is 38.3 Å². The van der Waals surface area contributed by atoms with Gasteiger partial charge >= 0.3 is 0 Å². The summed E-state index contributed by atoms with van der Waals surface area (Å²) in [7, 11) is 0. The van der Waals surface area contributed by atoms with Crippen LogP contribution in [0.15, 0.2) is 18.2 Å². The number of hydrogen-bond acceptors (Lipinski definition) is 2. The Balaban J connectivity index is 2.42. The highest BCUT2D eigenvalue weighted by Gasteiger charge is 2.05. The van der Waals surface area contributed by atoms with Crippen molar-refractivity contribution in [2.75, 3.05) is 13.2 Å². The fourth-order valence-electron chi connectivity index (χ4n) is 1.29. The molecule has 0 saturated carbocycles. The van der Waals surface area contributed by atoms with Crippen LogP contribution in [-0.4, -0.2) is 19.1 Å². The van der Waals surface area contributed by atoms with Crippen molar-refractivity contribution in [3.05, 3.63) is 29.6 Å². The second-order valence-corrected chi connectivity index (χ2v) is 4.40. The lowest BCUT2D eigenvalue weighted by atomic mass is 10.2. The minimum atomic E-state index is -0.306. The molecule has 0 aliphatic heterocycles. The van der Waals surface area contributed by atoms with Gasteiger partial charge in [0.2, 0.25) is 0 Å². The van der Waals surface area contributed by atoms with Crippen LogP contribution in [0.5, 0.6) is 5.75 Å². The fraction of sp³-hybridized carbons (Fsp3) is 0.462. The van der Waals surface area contributed by atoms with E-state index < -0.39 is 0 Å². The summed E-state index contributed by atoms with van der Waals surface area (Å²) in [5, 5.41) is 2.75. The van der Waals surface area contributed by atoms with Crippen LogP contribution < -0.4 is 10.1 Å². The summed E-state index contributed by atoms with van der Waals surface area (Å²) in [6, 6.07) is 4.22. The number of carbonyl (C=O) groups excluding carboxylic acids is 1. The van der Waals surface area contributed by atoms with Crippen LogP contribution in [0.4, 0.5) is 4.39 Å². The smallest absolute Gasteiger partial charge is 0.257 e. The molecule has 17 heavy (non-hydrogen) atoms.